The van der Waals surface area contributed by atoms with Crippen molar-refractivity contribution in [3.05, 3.63) is 0 Å². The van der Waals surface area contributed by atoms with E-state index in [1.54, 1.807) is 0 Å². The Morgan fingerprint density at radius 1 is 0.750 bits per heavy atom. The molecule has 0 amide bonds. The van der Waals surface area contributed by atoms with Gasteiger partial charge in [-0.15, -0.1) is 0 Å². The predicted octanol–water partition coefficient (Wildman–Crippen LogP) is 6.35. The first kappa shape index (κ1) is 31.6. The zero-order valence-corrected chi connectivity index (χ0v) is 17.4. The Labute approximate surface area is 154 Å². The first-order valence-electron chi connectivity index (χ1n) is 9.69. The largest absolute Gasteiger partial charge is 0.396 e. The topological polar surface area (TPSA) is 49.7 Å². The molecule has 0 unspecified atom stereocenters. The minimum Gasteiger partial charge on any atom is -0.396 e. The van der Waals surface area contributed by atoms with E-state index in [0.717, 1.165) is 45.1 Å². The lowest BCUT2D eigenvalue weighted by Gasteiger charge is -2.27. The van der Waals surface area contributed by atoms with Gasteiger partial charge in [0.1, 0.15) is 0 Å². The Morgan fingerprint density at radius 2 is 1.17 bits per heavy atom. The zero-order valence-electron chi connectivity index (χ0n) is 17.4. The number of hydrogen-bond donors (Lipinski definition) is 2. The molecule has 152 valence electrons. The van der Waals surface area contributed by atoms with Gasteiger partial charge in [0.25, 0.3) is 0 Å². The van der Waals surface area contributed by atoms with Gasteiger partial charge in [0.2, 0.25) is 0 Å². The second kappa shape index (κ2) is 20.9. The molecule has 3 heteroatoms. The third-order valence-electron chi connectivity index (χ3n) is 4.48. The summed E-state index contributed by atoms with van der Waals surface area (Å²) < 4.78 is 5.77. The van der Waals surface area contributed by atoms with Crippen LogP contribution in [0.4, 0.5) is 0 Å². The van der Waals surface area contributed by atoms with Crippen LogP contribution in [-0.2, 0) is 4.74 Å². The smallest absolute Gasteiger partial charge is 0.0649 e. The average Bonchev–Trinajstić information content (AvgIpc) is 2.57. The summed E-state index contributed by atoms with van der Waals surface area (Å²) in [7, 11) is 0. The molecule has 0 aromatic rings. The van der Waals surface area contributed by atoms with Crippen LogP contribution >= 0.6 is 0 Å². The van der Waals surface area contributed by atoms with Crippen LogP contribution in [0.15, 0.2) is 0 Å². The van der Waals surface area contributed by atoms with Crippen LogP contribution in [0.25, 0.3) is 0 Å². The minimum atomic E-state index is -0.417. The number of aliphatic hydroxyl groups is 2. The number of rotatable bonds is 10. The first-order chi connectivity index (χ1) is 10.7. The van der Waals surface area contributed by atoms with Crippen molar-refractivity contribution in [1.82, 2.24) is 0 Å². The van der Waals surface area contributed by atoms with E-state index in [4.69, 9.17) is 14.9 Å². The Morgan fingerprint density at radius 3 is 1.33 bits per heavy atom. The SMILES string of the molecule is C.CCC(C)(O)CC.CCCCO.CCCCOC(C)(CC)CC. The molecule has 24 heavy (non-hydrogen) atoms. The minimum absolute atomic E-state index is 0. The molecule has 0 aliphatic heterocycles. The Bertz CT molecular complexity index is 203. The standard InChI is InChI=1S/C10H22O.C6H14O.C4H10O.CH4/c1-5-8-9-11-10(4,6-2)7-3;1-4-6(3,7)5-2;1-2-3-4-5;/h5-9H2,1-4H3;7H,4-5H2,1-3H3;5H,2-4H2,1H3;1H4. The molecule has 3 nitrogen and oxygen atoms in total. The fourth-order valence-electron chi connectivity index (χ4n) is 1.33. The first-order valence-corrected chi connectivity index (χ1v) is 9.69. The molecule has 0 aromatic carbocycles. The van der Waals surface area contributed by atoms with Gasteiger partial charge >= 0.3 is 0 Å². The molecule has 0 rings (SSSR count). The van der Waals surface area contributed by atoms with Gasteiger partial charge in [0.15, 0.2) is 0 Å². The molecule has 2 N–H and O–H groups in total. The highest BCUT2D eigenvalue weighted by Crippen LogP contribution is 2.19. The van der Waals surface area contributed by atoms with Crippen LogP contribution < -0.4 is 0 Å². The molecule has 0 aromatic heterocycles. The number of ether oxygens (including phenoxy) is 1. The summed E-state index contributed by atoms with van der Waals surface area (Å²) in [5, 5.41) is 17.2. The van der Waals surface area contributed by atoms with E-state index in [-0.39, 0.29) is 13.0 Å². The highest BCUT2D eigenvalue weighted by molar-refractivity contribution is 4.70. The Balaban J connectivity index is -0.000000133. The van der Waals surface area contributed by atoms with Crippen molar-refractivity contribution < 1.29 is 14.9 Å². The van der Waals surface area contributed by atoms with Crippen LogP contribution in [-0.4, -0.2) is 34.6 Å². The maximum atomic E-state index is 9.13. The molecule has 0 aliphatic carbocycles. The van der Waals surface area contributed by atoms with Gasteiger partial charge in [-0.2, -0.15) is 0 Å². The van der Waals surface area contributed by atoms with Crippen LogP contribution in [0.5, 0.6) is 0 Å². The van der Waals surface area contributed by atoms with Crippen molar-refractivity contribution in [2.24, 2.45) is 0 Å². The van der Waals surface area contributed by atoms with Crippen molar-refractivity contribution in [3.63, 3.8) is 0 Å². The van der Waals surface area contributed by atoms with Crippen molar-refractivity contribution >= 4 is 0 Å². The van der Waals surface area contributed by atoms with Gasteiger partial charge in [-0.1, -0.05) is 61.8 Å². The van der Waals surface area contributed by atoms with Gasteiger partial charge < -0.3 is 14.9 Å². The molecule has 0 heterocycles. The fraction of sp³-hybridized carbons (Fsp3) is 1.00. The normalized spacial score (nSPS) is 10.8. The lowest BCUT2D eigenvalue weighted by molar-refractivity contribution is -0.0381. The highest BCUT2D eigenvalue weighted by Gasteiger charge is 2.18. The van der Waals surface area contributed by atoms with Crippen molar-refractivity contribution in [2.45, 2.75) is 125 Å². The molecule has 0 atom stereocenters. The number of unbranched alkanes of at least 4 members (excludes halogenated alkanes) is 2. The molecular weight excluding hydrogens is 300 g/mol. The molecule has 0 bridgehead atoms. The maximum Gasteiger partial charge on any atom is 0.0649 e. The van der Waals surface area contributed by atoms with Crippen LogP contribution in [0, 0.1) is 0 Å². The summed E-state index contributed by atoms with van der Waals surface area (Å²) >= 11 is 0. The molecule has 0 fully saturated rings. The van der Waals surface area contributed by atoms with E-state index in [0.29, 0.717) is 6.61 Å². The predicted molar refractivity (Wildman–Crippen MR) is 110 cm³/mol. The molecule has 0 aliphatic rings. The van der Waals surface area contributed by atoms with Crippen molar-refractivity contribution in [3.8, 4) is 0 Å². The monoisotopic (exact) mass is 350 g/mol. The number of aliphatic hydroxyl groups excluding tert-OH is 1. The van der Waals surface area contributed by atoms with E-state index in [1.807, 2.05) is 20.8 Å². The van der Waals surface area contributed by atoms with E-state index in [2.05, 4.69) is 34.6 Å². The van der Waals surface area contributed by atoms with E-state index in [9.17, 15) is 0 Å². The molecular formula is C21H50O3. The molecule has 0 saturated carbocycles. The molecule has 0 radical (unpaired) electrons. The summed E-state index contributed by atoms with van der Waals surface area (Å²) in [5.74, 6) is 0. The second-order valence-electron chi connectivity index (χ2n) is 6.64. The summed E-state index contributed by atoms with van der Waals surface area (Å²) in [6, 6.07) is 0. The Hall–Kier alpha value is -0.120. The van der Waals surface area contributed by atoms with Crippen LogP contribution in [0.1, 0.15) is 114 Å². The molecule has 0 spiro atoms. The van der Waals surface area contributed by atoms with Crippen molar-refractivity contribution in [2.75, 3.05) is 13.2 Å². The van der Waals surface area contributed by atoms with Gasteiger partial charge in [-0.25, -0.2) is 0 Å². The van der Waals surface area contributed by atoms with E-state index < -0.39 is 5.60 Å². The van der Waals surface area contributed by atoms with Crippen LogP contribution in [0.3, 0.4) is 0 Å². The van der Waals surface area contributed by atoms with Gasteiger partial charge in [0.05, 0.1) is 11.2 Å². The Kier molecular flexibility index (Phi) is 27.6. The average molecular weight is 351 g/mol. The lowest BCUT2D eigenvalue weighted by atomic mass is 10.0. The maximum absolute atomic E-state index is 9.13. The van der Waals surface area contributed by atoms with E-state index in [1.165, 1.54) is 12.8 Å². The summed E-state index contributed by atoms with van der Waals surface area (Å²) in [6.07, 6.45) is 8.39. The summed E-state index contributed by atoms with van der Waals surface area (Å²) in [4.78, 5) is 0. The van der Waals surface area contributed by atoms with Crippen molar-refractivity contribution in [1.29, 1.82) is 0 Å². The van der Waals surface area contributed by atoms with E-state index >= 15 is 0 Å². The number of hydrogen-bond acceptors (Lipinski definition) is 3. The van der Waals surface area contributed by atoms with Gasteiger partial charge in [-0.05, 0) is 52.4 Å². The van der Waals surface area contributed by atoms with Crippen LogP contribution in [0.2, 0.25) is 0 Å². The second-order valence-corrected chi connectivity index (χ2v) is 6.64. The third-order valence-corrected chi connectivity index (χ3v) is 4.48. The van der Waals surface area contributed by atoms with Gasteiger partial charge in [0, 0.05) is 13.2 Å². The van der Waals surface area contributed by atoms with Gasteiger partial charge in [-0.3, -0.25) is 0 Å². The quantitative estimate of drug-likeness (QED) is 0.451. The fourth-order valence-corrected chi connectivity index (χ4v) is 1.33. The lowest BCUT2D eigenvalue weighted by Crippen LogP contribution is -2.27. The summed E-state index contributed by atoms with van der Waals surface area (Å²) in [6.45, 7) is 17.9. The molecule has 0 saturated heterocycles. The summed E-state index contributed by atoms with van der Waals surface area (Å²) in [5.41, 5.74) is -0.283. The highest BCUT2D eigenvalue weighted by atomic mass is 16.5. The zero-order chi connectivity index (χ0) is 18.8. The third kappa shape index (κ3) is 24.1.